The van der Waals surface area contributed by atoms with Crippen LogP contribution in [0.4, 0.5) is 0 Å². The number of aliphatic imine (C=N–C) groups is 1. The Kier molecular flexibility index (Phi) is 10.9. The fourth-order valence-electron chi connectivity index (χ4n) is 3.72. The fourth-order valence-corrected chi connectivity index (χ4v) is 3.72. The lowest BCUT2D eigenvalue weighted by Crippen LogP contribution is -2.36. The van der Waals surface area contributed by atoms with Crippen molar-refractivity contribution in [3.05, 3.63) is 59.2 Å². The van der Waals surface area contributed by atoms with Gasteiger partial charge in [-0.1, -0.05) is 36.8 Å². The number of benzene rings is 2. The Labute approximate surface area is 203 Å². The third-order valence-corrected chi connectivity index (χ3v) is 5.47. The first-order chi connectivity index (χ1) is 14.7. The average Bonchev–Trinajstić information content (AvgIpc) is 2.80. The third-order valence-electron chi connectivity index (χ3n) is 5.47. The average molecular weight is 538 g/mol. The molecule has 0 radical (unpaired) electrons. The second-order valence-electron chi connectivity index (χ2n) is 7.62. The normalized spacial score (nSPS) is 14.5. The van der Waals surface area contributed by atoms with Gasteiger partial charge >= 0.3 is 0 Å². The maximum atomic E-state index is 5.37. The highest BCUT2D eigenvalue weighted by atomic mass is 127. The van der Waals surface area contributed by atoms with Crippen LogP contribution in [0, 0.1) is 0 Å². The molecular weight excluding hydrogens is 503 g/mol. The van der Waals surface area contributed by atoms with Crippen LogP contribution in [0.25, 0.3) is 0 Å². The molecule has 0 aromatic heterocycles. The molecule has 170 valence electrons. The number of guanidine groups is 1. The molecule has 0 bridgehead atoms. The van der Waals surface area contributed by atoms with E-state index in [1.54, 1.807) is 21.3 Å². The number of halogens is 1. The maximum Gasteiger partial charge on any atom is 0.191 e. The van der Waals surface area contributed by atoms with E-state index in [4.69, 9.17) is 9.47 Å². The molecule has 0 aliphatic carbocycles. The minimum atomic E-state index is 0. The Morgan fingerprint density at radius 2 is 1.42 bits per heavy atom. The Bertz CT molecular complexity index is 821. The van der Waals surface area contributed by atoms with E-state index in [9.17, 15) is 0 Å². The fraction of sp³-hybridized carbons (Fsp3) is 0.458. The van der Waals surface area contributed by atoms with Gasteiger partial charge < -0.3 is 20.1 Å². The van der Waals surface area contributed by atoms with Gasteiger partial charge in [-0.2, -0.15) is 0 Å². The summed E-state index contributed by atoms with van der Waals surface area (Å²) in [4.78, 5) is 6.87. The lowest BCUT2D eigenvalue weighted by molar-refractivity contribution is 0.221. The maximum absolute atomic E-state index is 5.37. The van der Waals surface area contributed by atoms with Gasteiger partial charge in [-0.3, -0.25) is 9.89 Å². The van der Waals surface area contributed by atoms with E-state index in [1.165, 1.54) is 43.5 Å². The summed E-state index contributed by atoms with van der Waals surface area (Å²) in [5.74, 6) is 2.22. The molecule has 0 unspecified atom stereocenters. The van der Waals surface area contributed by atoms with Crippen LogP contribution < -0.4 is 20.1 Å². The van der Waals surface area contributed by atoms with Crippen LogP contribution in [0.2, 0.25) is 0 Å². The summed E-state index contributed by atoms with van der Waals surface area (Å²) in [5, 5.41) is 6.73. The molecule has 2 aromatic rings. The van der Waals surface area contributed by atoms with Crippen molar-refractivity contribution in [2.24, 2.45) is 4.99 Å². The second kappa shape index (κ2) is 13.4. The van der Waals surface area contributed by atoms with Crippen molar-refractivity contribution in [2.45, 2.75) is 38.9 Å². The molecule has 6 nitrogen and oxygen atoms in total. The van der Waals surface area contributed by atoms with E-state index < -0.39 is 0 Å². The molecule has 1 aliphatic rings. The Balaban J connectivity index is 0.00000341. The van der Waals surface area contributed by atoms with Crippen LogP contribution in [0.1, 0.15) is 36.0 Å². The first kappa shape index (κ1) is 25.3. The molecule has 7 heteroatoms. The predicted molar refractivity (Wildman–Crippen MR) is 138 cm³/mol. The summed E-state index contributed by atoms with van der Waals surface area (Å²) in [6, 6.07) is 14.8. The largest absolute Gasteiger partial charge is 0.493 e. The minimum absolute atomic E-state index is 0. The van der Waals surface area contributed by atoms with Crippen LogP contribution in [0.15, 0.2) is 47.5 Å². The number of nitrogens with zero attached hydrogens (tertiary/aromatic N) is 2. The number of nitrogens with one attached hydrogen (secondary N) is 2. The van der Waals surface area contributed by atoms with Gasteiger partial charge in [0.05, 0.1) is 14.2 Å². The van der Waals surface area contributed by atoms with Gasteiger partial charge in [-0.15, -0.1) is 24.0 Å². The second-order valence-corrected chi connectivity index (χ2v) is 7.62. The number of ether oxygens (including phenoxy) is 2. The number of methoxy groups -OCH3 is 2. The van der Waals surface area contributed by atoms with E-state index in [1.807, 2.05) is 18.2 Å². The Morgan fingerprint density at radius 3 is 2.03 bits per heavy atom. The Hall–Kier alpha value is -2.00. The molecule has 1 heterocycles. The van der Waals surface area contributed by atoms with Crippen molar-refractivity contribution < 1.29 is 9.47 Å². The topological polar surface area (TPSA) is 58.1 Å². The van der Waals surface area contributed by atoms with Crippen molar-refractivity contribution in [2.75, 3.05) is 34.4 Å². The Morgan fingerprint density at radius 1 is 0.839 bits per heavy atom. The molecule has 2 N–H and O–H groups in total. The van der Waals surface area contributed by atoms with Crippen molar-refractivity contribution >= 4 is 29.9 Å². The van der Waals surface area contributed by atoms with Gasteiger partial charge in [-0.05, 0) is 54.8 Å². The zero-order valence-corrected chi connectivity index (χ0v) is 21.1. The number of likely N-dealkylation sites (tertiary alicyclic amines) is 1. The SMILES string of the molecule is CN=C(NCc1ccc(CN2CCCCC2)cc1)NCc1ccc(OC)c(OC)c1.I. The zero-order chi connectivity index (χ0) is 21.2. The van der Waals surface area contributed by atoms with Crippen LogP contribution in [0.5, 0.6) is 11.5 Å². The molecule has 0 atom stereocenters. The first-order valence-electron chi connectivity index (χ1n) is 10.7. The lowest BCUT2D eigenvalue weighted by atomic mass is 10.1. The van der Waals surface area contributed by atoms with E-state index in [2.05, 4.69) is 44.8 Å². The molecule has 1 aliphatic heterocycles. The summed E-state index contributed by atoms with van der Waals surface area (Å²) < 4.78 is 10.7. The quantitative estimate of drug-likeness (QED) is 0.300. The van der Waals surface area contributed by atoms with Gasteiger partial charge in [0.25, 0.3) is 0 Å². The molecule has 1 fully saturated rings. The molecule has 1 saturated heterocycles. The number of piperidine rings is 1. The van der Waals surface area contributed by atoms with Crippen LogP contribution >= 0.6 is 24.0 Å². The van der Waals surface area contributed by atoms with Gasteiger partial charge in [0.2, 0.25) is 0 Å². The number of hydrogen-bond donors (Lipinski definition) is 2. The van der Waals surface area contributed by atoms with Gasteiger partial charge in [-0.25, -0.2) is 0 Å². The molecule has 31 heavy (non-hydrogen) atoms. The summed E-state index contributed by atoms with van der Waals surface area (Å²) in [6.45, 7) is 4.89. The van der Waals surface area contributed by atoms with E-state index in [0.717, 1.165) is 36.1 Å². The molecule has 0 amide bonds. The minimum Gasteiger partial charge on any atom is -0.493 e. The van der Waals surface area contributed by atoms with Crippen molar-refractivity contribution in [3.63, 3.8) is 0 Å². The highest BCUT2D eigenvalue weighted by molar-refractivity contribution is 14.0. The number of rotatable bonds is 8. The highest BCUT2D eigenvalue weighted by Gasteiger charge is 2.10. The molecule has 2 aromatic carbocycles. The summed E-state index contributed by atoms with van der Waals surface area (Å²) in [6.07, 6.45) is 4.04. The summed E-state index contributed by atoms with van der Waals surface area (Å²) in [5.41, 5.74) is 3.72. The molecule has 0 saturated carbocycles. The smallest absolute Gasteiger partial charge is 0.191 e. The first-order valence-corrected chi connectivity index (χ1v) is 10.7. The summed E-state index contributed by atoms with van der Waals surface area (Å²) >= 11 is 0. The van der Waals surface area contributed by atoms with Crippen LogP contribution in [-0.4, -0.2) is 45.2 Å². The van der Waals surface area contributed by atoms with Gasteiger partial charge in [0, 0.05) is 26.7 Å². The third kappa shape index (κ3) is 7.88. The highest BCUT2D eigenvalue weighted by Crippen LogP contribution is 2.27. The molecular formula is C24H35IN4O2. The van der Waals surface area contributed by atoms with Gasteiger partial charge in [0.15, 0.2) is 17.5 Å². The monoisotopic (exact) mass is 538 g/mol. The van der Waals surface area contributed by atoms with Gasteiger partial charge in [0.1, 0.15) is 0 Å². The van der Waals surface area contributed by atoms with Crippen LogP contribution in [-0.2, 0) is 19.6 Å². The van der Waals surface area contributed by atoms with E-state index >= 15 is 0 Å². The zero-order valence-electron chi connectivity index (χ0n) is 18.8. The van der Waals surface area contributed by atoms with Crippen molar-refractivity contribution in [1.29, 1.82) is 0 Å². The van der Waals surface area contributed by atoms with E-state index in [0.29, 0.717) is 6.54 Å². The number of hydrogen-bond acceptors (Lipinski definition) is 4. The van der Waals surface area contributed by atoms with Crippen molar-refractivity contribution in [1.82, 2.24) is 15.5 Å². The molecule has 0 spiro atoms. The van der Waals surface area contributed by atoms with E-state index in [-0.39, 0.29) is 24.0 Å². The molecule has 3 rings (SSSR count). The van der Waals surface area contributed by atoms with Crippen molar-refractivity contribution in [3.8, 4) is 11.5 Å². The van der Waals surface area contributed by atoms with Crippen LogP contribution in [0.3, 0.4) is 0 Å². The predicted octanol–water partition coefficient (Wildman–Crippen LogP) is 4.17. The summed E-state index contributed by atoms with van der Waals surface area (Å²) in [7, 11) is 5.07. The lowest BCUT2D eigenvalue weighted by Gasteiger charge is -2.26. The standard InChI is InChI=1S/C24H34N4O2.HI/c1-25-24(27-17-21-11-12-22(29-2)23(15-21)30-3)26-16-19-7-9-20(10-8-19)18-28-13-5-4-6-14-28;/h7-12,15H,4-6,13-14,16-18H2,1-3H3,(H2,25,26,27);1H.